The summed E-state index contributed by atoms with van der Waals surface area (Å²) in [6.07, 6.45) is 5.10. The highest BCUT2D eigenvalue weighted by Gasteiger charge is 2.27. The van der Waals surface area contributed by atoms with Crippen LogP contribution in [-0.2, 0) is 11.3 Å². The number of anilines is 1. The maximum Gasteiger partial charge on any atom is 0.298 e. The van der Waals surface area contributed by atoms with E-state index in [0.717, 1.165) is 5.69 Å². The van der Waals surface area contributed by atoms with Crippen molar-refractivity contribution in [2.45, 2.75) is 19.5 Å². The lowest BCUT2D eigenvalue weighted by Gasteiger charge is -2.32. The molecule has 0 fully saturated rings. The first-order valence-electron chi connectivity index (χ1n) is 4.74. The Hall–Kier alpha value is -1.96. The van der Waals surface area contributed by atoms with Crippen LogP contribution in [0.3, 0.4) is 0 Å². The second kappa shape index (κ2) is 3.31. The minimum absolute atomic E-state index is 0.0629. The van der Waals surface area contributed by atoms with Gasteiger partial charge in [0, 0.05) is 12.6 Å². The molecule has 5 nitrogen and oxygen atoms in total. The van der Waals surface area contributed by atoms with Gasteiger partial charge in [-0.1, -0.05) is 0 Å². The topological polar surface area (TPSA) is 64.2 Å². The van der Waals surface area contributed by atoms with Gasteiger partial charge in [-0.3, -0.25) is 9.48 Å². The summed E-state index contributed by atoms with van der Waals surface area (Å²) < 4.78 is 1.82. The third kappa shape index (κ3) is 1.44. The number of aromatic nitrogens is 2. The molecule has 0 spiro atoms. The Morgan fingerprint density at radius 2 is 2.47 bits per heavy atom. The molecule has 0 radical (unpaired) electrons. The predicted octanol–water partition coefficient (Wildman–Crippen LogP) is 0.00170. The van der Waals surface area contributed by atoms with Crippen molar-refractivity contribution in [3.05, 3.63) is 11.8 Å². The molecule has 2 heterocycles. The summed E-state index contributed by atoms with van der Waals surface area (Å²) in [6, 6.07) is 1.72. The Morgan fingerprint density at radius 1 is 1.73 bits per heavy atom. The van der Waals surface area contributed by atoms with Crippen molar-refractivity contribution in [2.24, 2.45) is 0 Å². The number of hydrogen-bond donors (Lipinski definition) is 1. The fourth-order valence-electron chi connectivity index (χ4n) is 1.88. The molecule has 0 saturated carbocycles. The van der Waals surface area contributed by atoms with Crippen LogP contribution in [0.5, 0.6) is 0 Å². The summed E-state index contributed by atoms with van der Waals surface area (Å²) in [4.78, 5) is 13.1. The lowest BCUT2D eigenvalue weighted by Crippen LogP contribution is -2.40. The molecule has 0 saturated heterocycles. The number of rotatable bonds is 0. The summed E-state index contributed by atoms with van der Waals surface area (Å²) in [6.45, 7) is 3.14. The summed E-state index contributed by atoms with van der Waals surface area (Å²) in [5.74, 6) is 2.32. The number of carbonyl (C=O) groups excluding carboxylic acids is 1. The van der Waals surface area contributed by atoms with E-state index in [1.807, 2.05) is 11.6 Å². The molecule has 1 amide bonds. The predicted molar refractivity (Wildman–Crippen MR) is 55.6 cm³/mol. The van der Waals surface area contributed by atoms with Crippen molar-refractivity contribution >= 4 is 11.7 Å². The normalized spacial score (nSPS) is 19.5. The van der Waals surface area contributed by atoms with Crippen molar-refractivity contribution in [3.8, 4) is 12.3 Å². The number of amides is 1. The Bertz CT molecular complexity index is 443. The van der Waals surface area contributed by atoms with Gasteiger partial charge in [0.1, 0.15) is 5.82 Å². The summed E-state index contributed by atoms with van der Waals surface area (Å²) in [5, 5.41) is 4.13. The van der Waals surface area contributed by atoms with Gasteiger partial charge < -0.3 is 10.6 Å². The number of hydrogen-bond acceptors (Lipinski definition) is 3. The molecule has 15 heavy (non-hydrogen) atoms. The van der Waals surface area contributed by atoms with Crippen LogP contribution in [0, 0.1) is 12.3 Å². The highest BCUT2D eigenvalue weighted by Crippen LogP contribution is 2.25. The second-order valence-electron chi connectivity index (χ2n) is 3.54. The molecule has 1 aliphatic rings. The minimum atomic E-state index is -0.284. The van der Waals surface area contributed by atoms with Crippen LogP contribution in [0.15, 0.2) is 6.07 Å². The third-order valence-corrected chi connectivity index (χ3v) is 2.66. The van der Waals surface area contributed by atoms with Crippen molar-refractivity contribution in [1.82, 2.24) is 14.7 Å². The highest BCUT2D eigenvalue weighted by atomic mass is 16.2. The number of terminal acetylenes is 1. The second-order valence-corrected chi connectivity index (χ2v) is 3.54. The van der Waals surface area contributed by atoms with Crippen LogP contribution in [0.25, 0.3) is 0 Å². The van der Waals surface area contributed by atoms with E-state index in [2.05, 4.69) is 11.0 Å². The van der Waals surface area contributed by atoms with Gasteiger partial charge in [-0.2, -0.15) is 5.10 Å². The average Bonchev–Trinajstić information content (AvgIpc) is 2.59. The first-order valence-corrected chi connectivity index (χ1v) is 4.74. The fourth-order valence-corrected chi connectivity index (χ4v) is 1.88. The quantitative estimate of drug-likeness (QED) is 0.605. The number of nitrogens with two attached hydrogens (primary N) is 1. The zero-order chi connectivity index (χ0) is 11.0. The Balaban J connectivity index is 2.34. The smallest absolute Gasteiger partial charge is 0.298 e. The van der Waals surface area contributed by atoms with Crippen molar-refractivity contribution in [1.29, 1.82) is 0 Å². The molecular weight excluding hydrogens is 192 g/mol. The van der Waals surface area contributed by atoms with Gasteiger partial charge in [0.2, 0.25) is 0 Å². The van der Waals surface area contributed by atoms with Crippen LogP contribution in [-0.4, -0.2) is 27.1 Å². The van der Waals surface area contributed by atoms with Gasteiger partial charge in [0.05, 0.1) is 18.3 Å². The van der Waals surface area contributed by atoms with Crippen molar-refractivity contribution in [2.75, 3.05) is 12.3 Å². The summed E-state index contributed by atoms with van der Waals surface area (Å²) in [5.41, 5.74) is 6.53. The van der Waals surface area contributed by atoms with Crippen LogP contribution >= 0.6 is 0 Å². The zero-order valence-electron chi connectivity index (χ0n) is 8.47. The fraction of sp³-hybridized carbons (Fsp3) is 0.400. The van der Waals surface area contributed by atoms with E-state index in [1.54, 1.807) is 11.0 Å². The van der Waals surface area contributed by atoms with Gasteiger partial charge >= 0.3 is 0 Å². The van der Waals surface area contributed by atoms with Crippen LogP contribution in [0.2, 0.25) is 0 Å². The SMILES string of the molecule is C#CC(=O)N1CCn2nc(N)cc2C1C. The lowest BCUT2D eigenvalue weighted by molar-refractivity contribution is -0.128. The molecule has 1 unspecified atom stereocenters. The Kier molecular flexibility index (Phi) is 2.12. The highest BCUT2D eigenvalue weighted by molar-refractivity contribution is 5.93. The molecular formula is C10H12N4O. The van der Waals surface area contributed by atoms with Crippen LogP contribution < -0.4 is 5.73 Å². The van der Waals surface area contributed by atoms with Gasteiger partial charge in [0.25, 0.3) is 5.91 Å². The summed E-state index contributed by atoms with van der Waals surface area (Å²) in [7, 11) is 0. The summed E-state index contributed by atoms with van der Waals surface area (Å²) >= 11 is 0. The van der Waals surface area contributed by atoms with E-state index >= 15 is 0 Å². The zero-order valence-corrected chi connectivity index (χ0v) is 8.47. The molecule has 1 atom stereocenters. The van der Waals surface area contributed by atoms with Crippen LogP contribution in [0.4, 0.5) is 5.82 Å². The number of fused-ring (bicyclic) bond motifs is 1. The lowest BCUT2D eigenvalue weighted by atomic mass is 10.1. The molecule has 5 heteroatoms. The van der Waals surface area contributed by atoms with E-state index in [0.29, 0.717) is 18.9 Å². The Morgan fingerprint density at radius 3 is 3.13 bits per heavy atom. The molecule has 1 aromatic rings. The molecule has 0 aliphatic carbocycles. The molecule has 1 aromatic heterocycles. The van der Waals surface area contributed by atoms with Gasteiger partial charge in [-0.25, -0.2) is 0 Å². The molecule has 2 rings (SSSR count). The molecule has 0 aromatic carbocycles. The Labute approximate surface area is 87.8 Å². The standard InChI is InChI=1S/C10H12N4O/c1-3-10(15)13-4-5-14-8(7(13)2)6-9(11)12-14/h1,6-7H,4-5H2,2H3,(H2,11,12). The molecule has 78 valence electrons. The molecule has 0 bridgehead atoms. The van der Waals surface area contributed by atoms with E-state index in [1.165, 1.54) is 0 Å². The molecule has 2 N–H and O–H groups in total. The van der Waals surface area contributed by atoms with E-state index in [4.69, 9.17) is 12.2 Å². The maximum atomic E-state index is 11.4. The number of nitrogen functional groups attached to an aromatic ring is 1. The van der Waals surface area contributed by atoms with E-state index in [9.17, 15) is 4.79 Å². The van der Waals surface area contributed by atoms with Gasteiger partial charge in [-0.05, 0) is 12.8 Å². The first kappa shape index (κ1) is 9.59. The van der Waals surface area contributed by atoms with Crippen molar-refractivity contribution in [3.63, 3.8) is 0 Å². The van der Waals surface area contributed by atoms with Crippen molar-refractivity contribution < 1.29 is 4.79 Å². The number of nitrogens with zero attached hydrogens (tertiary/aromatic N) is 3. The maximum absolute atomic E-state index is 11.4. The van der Waals surface area contributed by atoms with Gasteiger partial charge in [-0.15, -0.1) is 6.42 Å². The van der Waals surface area contributed by atoms with Gasteiger partial charge in [0.15, 0.2) is 0 Å². The average molecular weight is 204 g/mol. The first-order chi connectivity index (χ1) is 7.13. The monoisotopic (exact) mass is 204 g/mol. The van der Waals surface area contributed by atoms with E-state index in [-0.39, 0.29) is 11.9 Å². The molecule has 1 aliphatic heterocycles. The largest absolute Gasteiger partial charge is 0.382 e. The van der Waals surface area contributed by atoms with E-state index < -0.39 is 0 Å². The number of carbonyl (C=O) groups is 1. The van der Waals surface area contributed by atoms with Crippen LogP contribution in [0.1, 0.15) is 18.7 Å². The minimum Gasteiger partial charge on any atom is -0.382 e. The third-order valence-electron chi connectivity index (χ3n) is 2.66.